The highest BCUT2D eigenvalue weighted by molar-refractivity contribution is 5.68. The van der Waals surface area contributed by atoms with E-state index in [1.165, 1.54) is 9.80 Å². The standard InChI is InChI=1S/C12H24N2O4/c1-7-9(17-11(15)13(3)4)10(8-2)18-12(16)14(5)6/h9-10H,7-8H2,1-6H3. The topological polar surface area (TPSA) is 59.1 Å². The van der Waals surface area contributed by atoms with Gasteiger partial charge >= 0.3 is 12.2 Å². The molecule has 2 atom stereocenters. The summed E-state index contributed by atoms with van der Waals surface area (Å²) in [5, 5.41) is 0. The van der Waals surface area contributed by atoms with Crippen LogP contribution in [0.5, 0.6) is 0 Å². The number of nitrogens with zero attached hydrogens (tertiary/aromatic N) is 2. The molecule has 0 spiro atoms. The Balaban J connectivity index is 4.57. The molecule has 2 unspecified atom stereocenters. The van der Waals surface area contributed by atoms with E-state index in [-0.39, 0.29) is 0 Å². The van der Waals surface area contributed by atoms with Gasteiger partial charge in [-0.05, 0) is 12.8 Å². The molecule has 6 heteroatoms. The van der Waals surface area contributed by atoms with Gasteiger partial charge in [0.2, 0.25) is 0 Å². The third-order valence-electron chi connectivity index (χ3n) is 2.45. The van der Waals surface area contributed by atoms with Crippen molar-refractivity contribution in [3.05, 3.63) is 0 Å². The average Bonchev–Trinajstić information content (AvgIpc) is 2.32. The Morgan fingerprint density at radius 1 is 0.833 bits per heavy atom. The zero-order chi connectivity index (χ0) is 14.3. The Kier molecular flexibility index (Phi) is 7.16. The molecule has 0 bridgehead atoms. The molecule has 0 fully saturated rings. The van der Waals surface area contributed by atoms with Crippen molar-refractivity contribution in [1.29, 1.82) is 0 Å². The minimum atomic E-state index is -0.429. The van der Waals surface area contributed by atoms with Gasteiger partial charge in [0.1, 0.15) is 12.2 Å². The van der Waals surface area contributed by atoms with Crippen LogP contribution in [0.1, 0.15) is 26.7 Å². The van der Waals surface area contributed by atoms with Crippen LogP contribution in [0, 0.1) is 0 Å². The molecule has 0 aromatic heterocycles. The number of amides is 2. The highest BCUT2D eigenvalue weighted by Gasteiger charge is 2.27. The lowest BCUT2D eigenvalue weighted by atomic mass is 10.1. The quantitative estimate of drug-likeness (QED) is 0.758. The first-order valence-electron chi connectivity index (χ1n) is 6.09. The normalized spacial score (nSPS) is 13.4. The summed E-state index contributed by atoms with van der Waals surface area (Å²) in [5.41, 5.74) is 0. The first-order valence-corrected chi connectivity index (χ1v) is 6.09. The van der Waals surface area contributed by atoms with E-state index in [1.807, 2.05) is 13.8 Å². The van der Waals surface area contributed by atoms with E-state index in [1.54, 1.807) is 28.2 Å². The fourth-order valence-corrected chi connectivity index (χ4v) is 1.31. The Hall–Kier alpha value is -1.46. The van der Waals surface area contributed by atoms with E-state index in [0.717, 1.165) is 0 Å². The van der Waals surface area contributed by atoms with Crippen molar-refractivity contribution in [3.63, 3.8) is 0 Å². The van der Waals surface area contributed by atoms with E-state index in [2.05, 4.69) is 0 Å². The molecule has 0 saturated heterocycles. The third-order valence-corrected chi connectivity index (χ3v) is 2.45. The van der Waals surface area contributed by atoms with Crippen LogP contribution in [0.25, 0.3) is 0 Å². The van der Waals surface area contributed by atoms with Crippen LogP contribution in [0.3, 0.4) is 0 Å². The first kappa shape index (κ1) is 16.5. The van der Waals surface area contributed by atoms with E-state index in [4.69, 9.17) is 9.47 Å². The summed E-state index contributed by atoms with van der Waals surface area (Å²) >= 11 is 0. The van der Waals surface area contributed by atoms with Crippen molar-refractivity contribution in [2.24, 2.45) is 0 Å². The predicted octanol–water partition coefficient (Wildman–Crippen LogP) is 1.94. The van der Waals surface area contributed by atoms with Crippen LogP contribution in [0.15, 0.2) is 0 Å². The molecule has 18 heavy (non-hydrogen) atoms. The molecule has 6 nitrogen and oxygen atoms in total. The highest BCUT2D eigenvalue weighted by Crippen LogP contribution is 2.14. The summed E-state index contributed by atoms with van der Waals surface area (Å²) in [4.78, 5) is 25.7. The summed E-state index contributed by atoms with van der Waals surface area (Å²) in [6.45, 7) is 3.78. The minimum absolute atomic E-state index is 0.422. The fraction of sp³-hybridized carbons (Fsp3) is 0.833. The molecule has 0 saturated carbocycles. The molecule has 0 radical (unpaired) electrons. The lowest BCUT2D eigenvalue weighted by Crippen LogP contribution is -2.39. The fourth-order valence-electron chi connectivity index (χ4n) is 1.31. The van der Waals surface area contributed by atoms with Gasteiger partial charge < -0.3 is 19.3 Å². The monoisotopic (exact) mass is 260 g/mol. The molecule has 0 aromatic rings. The molecule has 0 aliphatic heterocycles. The average molecular weight is 260 g/mol. The van der Waals surface area contributed by atoms with Crippen molar-refractivity contribution in [3.8, 4) is 0 Å². The summed E-state index contributed by atoms with van der Waals surface area (Å²) in [5.74, 6) is 0. The zero-order valence-corrected chi connectivity index (χ0v) is 12.1. The van der Waals surface area contributed by atoms with Crippen LogP contribution in [0.2, 0.25) is 0 Å². The van der Waals surface area contributed by atoms with E-state index < -0.39 is 24.4 Å². The Bertz CT molecular complexity index is 251. The minimum Gasteiger partial charge on any atom is -0.442 e. The molecule has 106 valence electrons. The van der Waals surface area contributed by atoms with Gasteiger partial charge in [-0.25, -0.2) is 9.59 Å². The summed E-state index contributed by atoms with van der Waals surface area (Å²) in [7, 11) is 6.45. The molecule has 0 aliphatic rings. The molecule has 0 aliphatic carbocycles. The largest absolute Gasteiger partial charge is 0.442 e. The third kappa shape index (κ3) is 5.25. The summed E-state index contributed by atoms with van der Waals surface area (Å²) in [6.07, 6.45) is -0.512. The van der Waals surface area contributed by atoms with Gasteiger partial charge in [0.25, 0.3) is 0 Å². The van der Waals surface area contributed by atoms with E-state index in [0.29, 0.717) is 12.8 Å². The number of hydrogen-bond acceptors (Lipinski definition) is 4. The van der Waals surface area contributed by atoms with Crippen molar-refractivity contribution >= 4 is 12.2 Å². The lowest BCUT2D eigenvalue weighted by molar-refractivity contribution is -0.0267. The van der Waals surface area contributed by atoms with Crippen molar-refractivity contribution < 1.29 is 19.1 Å². The number of rotatable bonds is 5. The van der Waals surface area contributed by atoms with Gasteiger partial charge in [0.15, 0.2) is 0 Å². The number of ether oxygens (including phenoxy) is 2. The maximum Gasteiger partial charge on any atom is 0.409 e. The van der Waals surface area contributed by atoms with Gasteiger partial charge in [0.05, 0.1) is 0 Å². The molecule has 0 N–H and O–H groups in total. The SMILES string of the molecule is CCC(OC(=O)N(C)C)C(CC)OC(=O)N(C)C. The summed E-state index contributed by atoms with van der Waals surface area (Å²) in [6, 6.07) is 0. The number of hydrogen-bond donors (Lipinski definition) is 0. The molecule has 2 amide bonds. The van der Waals surface area contributed by atoms with Gasteiger partial charge in [-0.1, -0.05) is 13.8 Å². The Morgan fingerprint density at radius 3 is 1.28 bits per heavy atom. The van der Waals surface area contributed by atoms with Crippen LogP contribution in [-0.4, -0.2) is 62.4 Å². The van der Waals surface area contributed by atoms with Gasteiger partial charge in [-0.15, -0.1) is 0 Å². The van der Waals surface area contributed by atoms with Crippen LogP contribution in [-0.2, 0) is 9.47 Å². The molecular weight excluding hydrogens is 236 g/mol. The van der Waals surface area contributed by atoms with Gasteiger partial charge in [-0.3, -0.25) is 0 Å². The zero-order valence-electron chi connectivity index (χ0n) is 12.1. The Morgan fingerprint density at radius 2 is 1.11 bits per heavy atom. The number of carbonyl (C=O) groups excluding carboxylic acids is 2. The van der Waals surface area contributed by atoms with Gasteiger partial charge in [-0.2, -0.15) is 0 Å². The predicted molar refractivity (Wildman–Crippen MR) is 68.5 cm³/mol. The molecule has 0 rings (SSSR count). The smallest absolute Gasteiger partial charge is 0.409 e. The van der Waals surface area contributed by atoms with Crippen molar-refractivity contribution in [2.75, 3.05) is 28.2 Å². The van der Waals surface area contributed by atoms with E-state index >= 15 is 0 Å². The van der Waals surface area contributed by atoms with E-state index in [9.17, 15) is 9.59 Å². The second-order valence-corrected chi connectivity index (χ2v) is 4.45. The van der Waals surface area contributed by atoms with Crippen LogP contribution in [0.4, 0.5) is 9.59 Å². The second kappa shape index (κ2) is 7.79. The molecule has 0 aromatic carbocycles. The highest BCUT2D eigenvalue weighted by atomic mass is 16.6. The summed E-state index contributed by atoms with van der Waals surface area (Å²) < 4.78 is 10.6. The molecular formula is C12H24N2O4. The van der Waals surface area contributed by atoms with Gasteiger partial charge in [0, 0.05) is 28.2 Å². The van der Waals surface area contributed by atoms with Crippen molar-refractivity contribution in [2.45, 2.75) is 38.9 Å². The number of carbonyl (C=O) groups is 2. The second-order valence-electron chi connectivity index (χ2n) is 4.45. The maximum absolute atomic E-state index is 11.5. The Labute approximate surface area is 109 Å². The van der Waals surface area contributed by atoms with Crippen LogP contribution < -0.4 is 0 Å². The molecule has 0 heterocycles. The lowest BCUT2D eigenvalue weighted by Gasteiger charge is -2.27. The first-order chi connectivity index (χ1) is 8.33. The maximum atomic E-state index is 11.5. The van der Waals surface area contributed by atoms with Crippen molar-refractivity contribution in [1.82, 2.24) is 9.80 Å². The van der Waals surface area contributed by atoms with Crippen LogP contribution >= 0.6 is 0 Å².